The lowest BCUT2D eigenvalue weighted by Gasteiger charge is -2.37. The zero-order valence-electron chi connectivity index (χ0n) is 17.2. The normalized spacial score (nSPS) is 21.1. The minimum atomic E-state index is -0.664. The van der Waals surface area contributed by atoms with Crippen LogP contribution in [0.25, 0.3) is 0 Å². The topological polar surface area (TPSA) is 77.1 Å². The van der Waals surface area contributed by atoms with E-state index in [4.69, 9.17) is 14.2 Å². The van der Waals surface area contributed by atoms with E-state index in [1.165, 1.54) is 0 Å². The van der Waals surface area contributed by atoms with E-state index < -0.39 is 6.10 Å². The SMILES string of the molecule is COc1cccc(C(=O)NC2CCN(C(=O)[C@@H]3Oc4ccccc4O[C@@H]3C)CC2)c1. The van der Waals surface area contributed by atoms with Crippen molar-refractivity contribution in [3.63, 3.8) is 0 Å². The molecule has 30 heavy (non-hydrogen) atoms. The average molecular weight is 410 g/mol. The van der Waals surface area contributed by atoms with Gasteiger partial charge in [-0.05, 0) is 50.1 Å². The Morgan fingerprint density at radius 3 is 2.43 bits per heavy atom. The van der Waals surface area contributed by atoms with Crippen LogP contribution < -0.4 is 19.5 Å². The monoisotopic (exact) mass is 410 g/mol. The molecule has 0 aliphatic carbocycles. The summed E-state index contributed by atoms with van der Waals surface area (Å²) in [5, 5.41) is 3.06. The lowest BCUT2D eigenvalue weighted by Crippen LogP contribution is -2.54. The molecule has 7 nitrogen and oxygen atoms in total. The van der Waals surface area contributed by atoms with Crippen molar-refractivity contribution in [3.05, 3.63) is 54.1 Å². The van der Waals surface area contributed by atoms with Gasteiger partial charge in [-0.2, -0.15) is 0 Å². The molecule has 2 heterocycles. The van der Waals surface area contributed by atoms with Gasteiger partial charge in [-0.3, -0.25) is 9.59 Å². The van der Waals surface area contributed by atoms with Crippen molar-refractivity contribution in [2.24, 2.45) is 0 Å². The fourth-order valence-corrected chi connectivity index (χ4v) is 3.85. The first-order valence-electron chi connectivity index (χ1n) is 10.2. The number of para-hydroxylation sites is 2. The molecule has 0 spiro atoms. The first-order chi connectivity index (χ1) is 14.5. The fourth-order valence-electron chi connectivity index (χ4n) is 3.85. The summed E-state index contributed by atoms with van der Waals surface area (Å²) in [5.41, 5.74) is 0.563. The molecule has 2 atom stereocenters. The van der Waals surface area contributed by atoms with Gasteiger partial charge in [0.1, 0.15) is 11.9 Å². The Balaban J connectivity index is 1.32. The number of hydrogen-bond acceptors (Lipinski definition) is 5. The van der Waals surface area contributed by atoms with Gasteiger partial charge in [0.05, 0.1) is 7.11 Å². The zero-order valence-corrected chi connectivity index (χ0v) is 17.2. The third kappa shape index (κ3) is 4.20. The van der Waals surface area contributed by atoms with Crippen LogP contribution in [0.5, 0.6) is 17.2 Å². The number of benzene rings is 2. The lowest BCUT2D eigenvalue weighted by atomic mass is 10.0. The number of fused-ring (bicyclic) bond motifs is 1. The van der Waals surface area contributed by atoms with Crippen molar-refractivity contribution in [2.45, 2.75) is 38.0 Å². The lowest BCUT2D eigenvalue weighted by molar-refractivity contribution is -0.145. The van der Waals surface area contributed by atoms with E-state index in [9.17, 15) is 9.59 Å². The molecule has 1 fully saturated rings. The first-order valence-corrected chi connectivity index (χ1v) is 10.2. The Hall–Kier alpha value is -3.22. The summed E-state index contributed by atoms with van der Waals surface area (Å²) in [4.78, 5) is 27.3. The van der Waals surface area contributed by atoms with Gasteiger partial charge in [0.15, 0.2) is 11.5 Å². The predicted octanol–water partition coefficient (Wildman–Crippen LogP) is 2.64. The van der Waals surface area contributed by atoms with Crippen LogP contribution in [-0.4, -0.2) is 55.2 Å². The van der Waals surface area contributed by atoms with Crippen molar-refractivity contribution in [1.82, 2.24) is 10.2 Å². The molecular formula is C23H26N2O5. The van der Waals surface area contributed by atoms with E-state index in [0.29, 0.717) is 48.7 Å². The van der Waals surface area contributed by atoms with E-state index in [1.54, 1.807) is 36.3 Å². The van der Waals surface area contributed by atoms with Crippen LogP contribution in [0, 0.1) is 0 Å². The second kappa shape index (κ2) is 8.65. The molecule has 2 aliphatic heterocycles. The number of likely N-dealkylation sites (tertiary alicyclic amines) is 1. The highest BCUT2D eigenvalue weighted by atomic mass is 16.6. The number of carbonyl (C=O) groups is 2. The van der Waals surface area contributed by atoms with Crippen LogP contribution in [0.1, 0.15) is 30.1 Å². The fraction of sp³-hybridized carbons (Fsp3) is 0.391. The Labute approximate surface area is 175 Å². The summed E-state index contributed by atoms with van der Waals surface area (Å²) in [6.45, 7) is 2.98. The average Bonchev–Trinajstić information content (AvgIpc) is 2.78. The largest absolute Gasteiger partial charge is 0.497 e. The minimum absolute atomic E-state index is 0.0226. The number of piperidine rings is 1. The highest BCUT2D eigenvalue weighted by Gasteiger charge is 2.38. The third-order valence-corrected chi connectivity index (χ3v) is 5.56. The summed E-state index contributed by atoms with van der Waals surface area (Å²) in [6.07, 6.45) is 0.362. The third-order valence-electron chi connectivity index (χ3n) is 5.56. The smallest absolute Gasteiger partial charge is 0.267 e. The second-order valence-corrected chi connectivity index (χ2v) is 7.61. The maximum Gasteiger partial charge on any atom is 0.267 e. The van der Waals surface area contributed by atoms with Crippen molar-refractivity contribution in [2.75, 3.05) is 20.2 Å². The minimum Gasteiger partial charge on any atom is -0.497 e. The Bertz CT molecular complexity index is 923. The van der Waals surface area contributed by atoms with Gasteiger partial charge >= 0.3 is 0 Å². The predicted molar refractivity (Wildman–Crippen MR) is 111 cm³/mol. The molecule has 1 N–H and O–H groups in total. The van der Waals surface area contributed by atoms with Crippen LogP contribution in [0.2, 0.25) is 0 Å². The van der Waals surface area contributed by atoms with E-state index in [-0.39, 0.29) is 24.0 Å². The first kappa shape index (κ1) is 20.1. The summed E-state index contributed by atoms with van der Waals surface area (Å²) >= 11 is 0. The summed E-state index contributed by atoms with van der Waals surface area (Å²) in [7, 11) is 1.57. The Morgan fingerprint density at radius 1 is 1.03 bits per heavy atom. The van der Waals surface area contributed by atoms with Crippen LogP contribution in [0.15, 0.2) is 48.5 Å². The Kier molecular flexibility index (Phi) is 5.79. The van der Waals surface area contributed by atoms with Gasteiger partial charge < -0.3 is 24.4 Å². The molecule has 0 radical (unpaired) electrons. The molecule has 2 aliphatic rings. The highest BCUT2D eigenvalue weighted by molar-refractivity contribution is 5.94. The van der Waals surface area contributed by atoms with Gasteiger partial charge in [0, 0.05) is 24.7 Å². The summed E-state index contributed by atoms with van der Waals surface area (Å²) in [5.74, 6) is 1.69. The number of ether oxygens (including phenoxy) is 3. The number of hydrogen-bond donors (Lipinski definition) is 1. The van der Waals surface area contributed by atoms with Crippen LogP contribution in [-0.2, 0) is 4.79 Å². The van der Waals surface area contributed by atoms with Crippen molar-refractivity contribution >= 4 is 11.8 Å². The maximum atomic E-state index is 13.0. The molecule has 158 valence electrons. The quantitative estimate of drug-likeness (QED) is 0.839. The van der Waals surface area contributed by atoms with E-state index in [1.807, 2.05) is 31.2 Å². The van der Waals surface area contributed by atoms with E-state index in [2.05, 4.69) is 5.32 Å². The number of nitrogens with one attached hydrogen (secondary N) is 1. The molecule has 0 saturated carbocycles. The number of methoxy groups -OCH3 is 1. The summed E-state index contributed by atoms with van der Waals surface area (Å²) in [6, 6.07) is 14.5. The molecule has 0 aromatic heterocycles. The second-order valence-electron chi connectivity index (χ2n) is 7.61. The summed E-state index contributed by atoms with van der Waals surface area (Å²) < 4.78 is 17.0. The molecule has 7 heteroatoms. The van der Waals surface area contributed by atoms with Gasteiger partial charge in [-0.1, -0.05) is 18.2 Å². The number of carbonyl (C=O) groups excluding carboxylic acids is 2. The van der Waals surface area contributed by atoms with Crippen LogP contribution >= 0.6 is 0 Å². The highest BCUT2D eigenvalue weighted by Crippen LogP contribution is 2.34. The van der Waals surface area contributed by atoms with Crippen LogP contribution in [0.4, 0.5) is 0 Å². The molecule has 2 aromatic rings. The molecule has 2 amide bonds. The molecule has 1 saturated heterocycles. The van der Waals surface area contributed by atoms with Gasteiger partial charge in [0.25, 0.3) is 11.8 Å². The number of rotatable bonds is 4. The molecule has 0 unspecified atom stereocenters. The Morgan fingerprint density at radius 2 is 1.73 bits per heavy atom. The van der Waals surface area contributed by atoms with Gasteiger partial charge in [-0.25, -0.2) is 0 Å². The zero-order chi connectivity index (χ0) is 21.1. The maximum absolute atomic E-state index is 13.0. The number of nitrogens with zero attached hydrogens (tertiary/aromatic N) is 1. The van der Waals surface area contributed by atoms with Gasteiger partial charge in [0.2, 0.25) is 6.10 Å². The standard InChI is InChI=1S/C23H26N2O5/c1-15-21(30-20-9-4-3-8-19(20)29-15)23(27)25-12-10-17(11-13-25)24-22(26)16-6-5-7-18(14-16)28-2/h3-9,14-15,17,21H,10-13H2,1-2H3,(H,24,26)/t15-,21-/m1/s1. The number of amides is 2. The van der Waals surface area contributed by atoms with Crippen LogP contribution in [0.3, 0.4) is 0 Å². The molecule has 0 bridgehead atoms. The van der Waals surface area contributed by atoms with E-state index >= 15 is 0 Å². The van der Waals surface area contributed by atoms with Crippen molar-refractivity contribution < 1.29 is 23.8 Å². The molecule has 2 aromatic carbocycles. The van der Waals surface area contributed by atoms with Crippen molar-refractivity contribution in [3.8, 4) is 17.2 Å². The molecular weight excluding hydrogens is 384 g/mol. The van der Waals surface area contributed by atoms with E-state index in [0.717, 1.165) is 0 Å². The molecule has 4 rings (SSSR count). The van der Waals surface area contributed by atoms with Crippen molar-refractivity contribution in [1.29, 1.82) is 0 Å². The van der Waals surface area contributed by atoms with Gasteiger partial charge in [-0.15, -0.1) is 0 Å².